The van der Waals surface area contributed by atoms with Crippen LogP contribution in [0.4, 0.5) is 11.5 Å². The predicted molar refractivity (Wildman–Crippen MR) is 125 cm³/mol. The second-order valence-corrected chi connectivity index (χ2v) is 16.5. The lowest BCUT2D eigenvalue weighted by atomic mass is 10.3. The minimum absolute atomic E-state index is 0.227. The van der Waals surface area contributed by atoms with Gasteiger partial charge in [0, 0.05) is 26.6 Å². The molecule has 2 aromatic heterocycles. The molecule has 0 unspecified atom stereocenters. The molecule has 0 atom stereocenters. The summed E-state index contributed by atoms with van der Waals surface area (Å²) in [6.07, 6.45) is 1.98. The van der Waals surface area contributed by atoms with E-state index in [-0.39, 0.29) is 13.2 Å². The van der Waals surface area contributed by atoms with Crippen molar-refractivity contribution < 1.29 is 4.74 Å². The summed E-state index contributed by atoms with van der Waals surface area (Å²) in [6.45, 7) is 12.8. The number of ether oxygens (including phenoxy) is 1. The predicted octanol–water partition coefficient (Wildman–Crippen LogP) is 5.51. The van der Waals surface area contributed by atoms with E-state index in [0.29, 0.717) is 6.73 Å². The van der Waals surface area contributed by atoms with Crippen LogP contribution in [-0.4, -0.2) is 42.5 Å². The second-order valence-electron chi connectivity index (χ2n) is 8.25. The number of hydrogen-bond donors (Lipinski definition) is 1. The zero-order valence-electron chi connectivity index (χ0n) is 17.2. The van der Waals surface area contributed by atoms with Gasteiger partial charge in [-0.1, -0.05) is 45.8 Å². The van der Waals surface area contributed by atoms with Crippen LogP contribution in [-0.2, 0) is 11.5 Å². The summed E-state index contributed by atoms with van der Waals surface area (Å²) in [5.74, 6) is 0.722. The Morgan fingerprint density at radius 3 is 2.61 bits per heavy atom. The fourth-order valence-electron chi connectivity index (χ4n) is 2.88. The van der Waals surface area contributed by atoms with Gasteiger partial charge in [0.2, 0.25) is 5.28 Å². The number of para-hydroxylation sites is 1. The molecule has 1 aromatic carbocycles. The van der Waals surface area contributed by atoms with Gasteiger partial charge in [-0.2, -0.15) is 9.97 Å². The number of halogens is 1. The van der Waals surface area contributed by atoms with Crippen LogP contribution in [0.25, 0.3) is 11.0 Å². The molecule has 0 aliphatic heterocycles. The minimum atomic E-state index is -1.10. The average molecular weight is 435 g/mol. The lowest BCUT2D eigenvalue weighted by Gasteiger charge is -2.16. The maximum Gasteiger partial charge on any atom is 0.226 e. The molecule has 0 bridgehead atoms. The van der Waals surface area contributed by atoms with Gasteiger partial charge in [-0.25, -0.2) is 0 Å². The number of fused-ring (bicyclic) bond motifs is 1. The zero-order valence-corrected chi connectivity index (χ0v) is 19.8. The molecule has 0 spiro atoms. The van der Waals surface area contributed by atoms with Crippen molar-refractivity contribution in [2.24, 2.45) is 0 Å². The first kappa shape index (κ1) is 21.3. The van der Waals surface area contributed by atoms with Crippen molar-refractivity contribution in [3.05, 3.63) is 41.8 Å². The summed E-state index contributed by atoms with van der Waals surface area (Å²) in [6, 6.07) is 11.5. The fourth-order valence-corrected chi connectivity index (χ4v) is 4.79. The van der Waals surface area contributed by atoms with E-state index < -0.39 is 8.07 Å². The van der Waals surface area contributed by atoms with Crippen molar-refractivity contribution in [3.8, 4) is 0 Å². The van der Waals surface area contributed by atoms with Crippen LogP contribution in [0.1, 0.15) is 0 Å². The number of nitrogens with one attached hydrogen (secondary N) is 1. The number of benzene rings is 1. The van der Waals surface area contributed by atoms with E-state index in [1.807, 2.05) is 22.9 Å². The fraction of sp³-hybridized carbons (Fsp3) is 0.400. The third kappa shape index (κ3) is 5.32. The Labute approximate surface area is 174 Å². The van der Waals surface area contributed by atoms with E-state index in [2.05, 4.69) is 66.5 Å². The quantitative estimate of drug-likeness (QED) is 0.220. The third-order valence-electron chi connectivity index (χ3n) is 4.46. The third-order valence-corrected chi connectivity index (χ3v) is 7.68. The van der Waals surface area contributed by atoms with E-state index in [1.54, 1.807) is 0 Å². The van der Waals surface area contributed by atoms with E-state index in [0.717, 1.165) is 35.2 Å². The highest BCUT2D eigenvalue weighted by atomic mass is 35.5. The molecule has 0 saturated heterocycles. The molecule has 28 heavy (non-hydrogen) atoms. The molecule has 5 nitrogen and oxygen atoms in total. The normalized spacial score (nSPS) is 12.1. The van der Waals surface area contributed by atoms with Crippen LogP contribution in [0.15, 0.2) is 36.5 Å². The van der Waals surface area contributed by atoms with Crippen LogP contribution in [0, 0.1) is 0 Å². The standard InChI is InChI=1S/C20H28ClN4OPSi/c1-27(2)17-9-7-6-8-16(17)22-18-15-10-11-25(19(15)24-20(21)23-18)14-26-12-13-28(3,4)5/h6-11H,12-14H2,1-5H3,(H,22,23,24). The summed E-state index contributed by atoms with van der Waals surface area (Å²) in [5, 5.41) is 5.93. The maximum absolute atomic E-state index is 6.24. The van der Waals surface area contributed by atoms with Crippen molar-refractivity contribution in [2.45, 2.75) is 32.4 Å². The molecule has 3 aromatic rings. The SMILES string of the molecule is CP(C)c1ccccc1Nc1nc(Cl)nc2c1ccn2COCC[Si](C)(C)C. The Kier molecular flexibility index (Phi) is 6.76. The van der Waals surface area contributed by atoms with Crippen LogP contribution in [0.2, 0.25) is 31.0 Å². The van der Waals surface area contributed by atoms with Crippen molar-refractivity contribution in [1.82, 2.24) is 14.5 Å². The molecule has 1 N–H and O–H groups in total. The minimum Gasteiger partial charge on any atom is -0.361 e. The van der Waals surface area contributed by atoms with Gasteiger partial charge in [0.25, 0.3) is 0 Å². The molecule has 0 fully saturated rings. The highest BCUT2D eigenvalue weighted by Crippen LogP contribution is 2.31. The first-order valence-electron chi connectivity index (χ1n) is 9.38. The molecule has 2 heterocycles. The Morgan fingerprint density at radius 1 is 1.14 bits per heavy atom. The van der Waals surface area contributed by atoms with Gasteiger partial charge in [-0.05, 0) is 48.4 Å². The molecular formula is C20H28ClN4OPSi. The van der Waals surface area contributed by atoms with E-state index >= 15 is 0 Å². The molecule has 8 heteroatoms. The highest BCUT2D eigenvalue weighted by molar-refractivity contribution is 7.64. The Balaban J connectivity index is 1.84. The molecular weight excluding hydrogens is 407 g/mol. The van der Waals surface area contributed by atoms with Gasteiger partial charge >= 0.3 is 0 Å². The molecule has 0 aliphatic rings. The molecule has 3 rings (SSSR count). The molecule has 0 amide bonds. The van der Waals surface area contributed by atoms with Crippen molar-refractivity contribution >= 4 is 55.4 Å². The number of aromatic nitrogens is 3. The van der Waals surface area contributed by atoms with Crippen molar-refractivity contribution in [3.63, 3.8) is 0 Å². The van der Waals surface area contributed by atoms with Crippen molar-refractivity contribution in [1.29, 1.82) is 0 Å². The van der Waals surface area contributed by atoms with Gasteiger partial charge in [0.05, 0.1) is 5.39 Å². The molecule has 0 aliphatic carbocycles. The first-order valence-corrected chi connectivity index (χ1v) is 15.7. The second kappa shape index (κ2) is 8.91. The van der Waals surface area contributed by atoms with Crippen LogP contribution in [0.3, 0.4) is 0 Å². The lowest BCUT2D eigenvalue weighted by molar-refractivity contribution is 0.0899. The van der Waals surface area contributed by atoms with Crippen molar-refractivity contribution in [2.75, 3.05) is 25.3 Å². The largest absolute Gasteiger partial charge is 0.361 e. The molecule has 0 radical (unpaired) electrons. The highest BCUT2D eigenvalue weighted by Gasteiger charge is 2.15. The van der Waals surface area contributed by atoms with Gasteiger partial charge < -0.3 is 14.6 Å². The Bertz CT molecular complexity index is 955. The summed E-state index contributed by atoms with van der Waals surface area (Å²) < 4.78 is 7.87. The summed E-state index contributed by atoms with van der Waals surface area (Å²) in [4.78, 5) is 8.87. The van der Waals surface area contributed by atoms with Gasteiger partial charge in [-0.3, -0.25) is 0 Å². The van der Waals surface area contributed by atoms with Gasteiger partial charge in [0.15, 0.2) is 0 Å². The number of nitrogens with zero attached hydrogens (tertiary/aromatic N) is 3. The van der Waals surface area contributed by atoms with E-state index in [1.165, 1.54) is 5.30 Å². The smallest absolute Gasteiger partial charge is 0.226 e. The van der Waals surface area contributed by atoms with E-state index in [4.69, 9.17) is 16.3 Å². The van der Waals surface area contributed by atoms with Crippen LogP contribution < -0.4 is 10.6 Å². The summed E-state index contributed by atoms with van der Waals surface area (Å²) in [5.41, 5.74) is 1.84. The van der Waals surface area contributed by atoms with Gasteiger partial charge in [-0.15, -0.1) is 0 Å². The number of rotatable bonds is 8. The van der Waals surface area contributed by atoms with E-state index in [9.17, 15) is 0 Å². The summed E-state index contributed by atoms with van der Waals surface area (Å²) in [7, 11) is -1.34. The Hall–Kier alpha value is -1.46. The molecule has 0 saturated carbocycles. The summed E-state index contributed by atoms with van der Waals surface area (Å²) >= 11 is 6.24. The monoisotopic (exact) mass is 434 g/mol. The zero-order chi connectivity index (χ0) is 20.3. The van der Waals surface area contributed by atoms with Crippen LogP contribution >= 0.6 is 19.5 Å². The Morgan fingerprint density at radius 2 is 1.89 bits per heavy atom. The van der Waals surface area contributed by atoms with Crippen LogP contribution in [0.5, 0.6) is 0 Å². The number of hydrogen-bond acceptors (Lipinski definition) is 4. The maximum atomic E-state index is 6.24. The molecule has 150 valence electrons. The first-order chi connectivity index (χ1) is 13.2. The topological polar surface area (TPSA) is 52.0 Å². The average Bonchev–Trinajstić information content (AvgIpc) is 3.01. The lowest BCUT2D eigenvalue weighted by Crippen LogP contribution is -2.22. The van der Waals surface area contributed by atoms with Gasteiger partial charge in [0.1, 0.15) is 18.2 Å². The number of anilines is 2.